The summed E-state index contributed by atoms with van der Waals surface area (Å²) in [6.45, 7) is 7.37. The van der Waals surface area contributed by atoms with Gasteiger partial charge in [0.25, 0.3) is 0 Å². The fourth-order valence-electron chi connectivity index (χ4n) is 6.28. The molecule has 0 radical (unpaired) electrons. The van der Waals surface area contributed by atoms with Crippen LogP contribution in [0.15, 0.2) is 141 Å². The van der Waals surface area contributed by atoms with Crippen LogP contribution >= 0.6 is 0 Å². The molecule has 0 aliphatic carbocycles. The predicted octanol–water partition coefficient (Wildman–Crippen LogP) is 12.1. The van der Waals surface area contributed by atoms with Gasteiger partial charge in [0, 0.05) is 17.7 Å². The first kappa shape index (κ1) is 40.4. The van der Waals surface area contributed by atoms with Crippen molar-refractivity contribution in [2.45, 2.75) is 50.6 Å². The molecule has 5 aromatic carbocycles. The number of hydrogen-bond donors (Lipinski definition) is 0. The van der Waals surface area contributed by atoms with Crippen molar-refractivity contribution in [1.82, 2.24) is 0 Å². The summed E-state index contributed by atoms with van der Waals surface area (Å²) < 4.78 is 80.7. The van der Waals surface area contributed by atoms with E-state index in [0.717, 1.165) is 83.3 Å². The van der Waals surface area contributed by atoms with Crippen molar-refractivity contribution in [2.24, 2.45) is 0 Å². The van der Waals surface area contributed by atoms with Crippen LogP contribution in [0.3, 0.4) is 0 Å². The molecule has 0 amide bonds. The van der Waals surface area contributed by atoms with Gasteiger partial charge in [0.2, 0.25) is 0 Å². The largest absolute Gasteiger partial charge is 0.463 e. The highest BCUT2D eigenvalue weighted by Gasteiger charge is 2.58. The second kappa shape index (κ2) is 18.5. The van der Waals surface area contributed by atoms with Gasteiger partial charge in [0.1, 0.15) is 0 Å². The Kier molecular flexibility index (Phi) is 13.6. The minimum atomic E-state index is -5.78. The number of ether oxygens (including phenoxy) is 2. The Morgan fingerprint density at radius 2 is 1.05 bits per heavy atom. The Labute approximate surface area is 317 Å². The number of carbonyl (C=O) groups excluding carboxylic acids is 2. The van der Waals surface area contributed by atoms with E-state index >= 15 is 0 Å². The second-order valence-electron chi connectivity index (χ2n) is 13.0. The van der Waals surface area contributed by atoms with Crippen LogP contribution < -0.4 is 0 Å². The third kappa shape index (κ3) is 10.4. The molecule has 0 saturated carbocycles. The molecular weight excluding hydrogens is 711 g/mol. The quantitative estimate of drug-likeness (QED) is 0.0411. The van der Waals surface area contributed by atoms with Crippen LogP contribution in [0.25, 0.3) is 44.5 Å². The average Bonchev–Trinajstić information content (AvgIpc) is 3.20. The maximum Gasteiger partial charge on any atom is 0.458 e. The molecule has 5 rings (SSSR count). The van der Waals surface area contributed by atoms with Crippen LogP contribution in [0, 0.1) is 0 Å². The molecule has 0 fully saturated rings. The lowest BCUT2D eigenvalue weighted by Gasteiger charge is -2.22. The Morgan fingerprint density at radius 1 is 0.509 bits per heavy atom. The SMILES string of the molecule is C=CC(=O)OCCCCCc1ccc(-c2cccc(-c3cc(C(F)(F)C(F)(F)F)ccc3-c3ccccc3-c3ccc(CCCOC(=O)C=C)cc3)c2)cc1. The maximum absolute atomic E-state index is 14.8. The molecule has 5 aromatic rings. The van der Waals surface area contributed by atoms with Crippen LogP contribution in [-0.2, 0) is 37.8 Å². The summed E-state index contributed by atoms with van der Waals surface area (Å²) in [6.07, 6.45) is 1.13. The lowest BCUT2D eigenvalue weighted by Crippen LogP contribution is -2.33. The molecule has 0 aromatic heterocycles. The summed E-state index contributed by atoms with van der Waals surface area (Å²) in [4.78, 5) is 22.5. The lowest BCUT2D eigenvalue weighted by molar-refractivity contribution is -0.289. The first-order valence-electron chi connectivity index (χ1n) is 18.0. The van der Waals surface area contributed by atoms with E-state index in [-0.39, 0.29) is 12.2 Å². The molecule has 55 heavy (non-hydrogen) atoms. The molecule has 0 atom stereocenters. The van der Waals surface area contributed by atoms with E-state index in [0.29, 0.717) is 36.1 Å². The van der Waals surface area contributed by atoms with Crippen molar-refractivity contribution in [3.63, 3.8) is 0 Å². The molecule has 9 heteroatoms. The first-order chi connectivity index (χ1) is 26.4. The van der Waals surface area contributed by atoms with E-state index in [9.17, 15) is 31.5 Å². The van der Waals surface area contributed by atoms with E-state index in [1.54, 1.807) is 24.3 Å². The molecule has 0 bridgehead atoms. The Balaban J connectivity index is 1.44. The van der Waals surface area contributed by atoms with Gasteiger partial charge in [-0.15, -0.1) is 0 Å². The summed E-state index contributed by atoms with van der Waals surface area (Å²) in [5, 5.41) is 0. The molecule has 0 spiro atoms. The molecule has 284 valence electrons. The molecule has 0 aliphatic heterocycles. The van der Waals surface area contributed by atoms with Crippen LogP contribution in [0.1, 0.15) is 42.4 Å². The molecule has 0 N–H and O–H groups in total. The Hall–Kier alpha value is -5.83. The predicted molar refractivity (Wildman–Crippen MR) is 206 cm³/mol. The highest BCUT2D eigenvalue weighted by atomic mass is 19.4. The summed E-state index contributed by atoms with van der Waals surface area (Å²) in [5.74, 6) is -5.98. The smallest absolute Gasteiger partial charge is 0.458 e. The standard InChI is InChI=1S/C46H41F5O4/c1-3-43(52)54-28-9-5-6-12-32-18-22-34(23-19-32)36-14-10-15-37(30-36)42-31-38(45(47,48)46(49,50)51)26-27-41(42)40-17-8-7-16-39(40)35-24-20-33(21-25-35)13-11-29-55-44(53)4-2/h3-4,7-8,10,14-27,30-31H,1-2,5-6,9,11-13,28-29H2. The minimum Gasteiger partial charge on any atom is -0.463 e. The zero-order valence-electron chi connectivity index (χ0n) is 30.2. The first-order valence-corrected chi connectivity index (χ1v) is 18.0. The van der Waals surface area contributed by atoms with Crippen molar-refractivity contribution in [2.75, 3.05) is 13.2 Å². The second-order valence-corrected chi connectivity index (χ2v) is 13.0. The van der Waals surface area contributed by atoms with Crippen molar-refractivity contribution in [1.29, 1.82) is 0 Å². The van der Waals surface area contributed by atoms with Gasteiger partial charge >= 0.3 is 24.0 Å². The van der Waals surface area contributed by atoms with Crippen molar-refractivity contribution < 1.29 is 41.0 Å². The van der Waals surface area contributed by atoms with Crippen LogP contribution in [0.2, 0.25) is 0 Å². The summed E-state index contributed by atoms with van der Waals surface area (Å²) in [6, 6.07) is 33.3. The van der Waals surface area contributed by atoms with Crippen LogP contribution in [0.4, 0.5) is 22.0 Å². The molecule has 0 heterocycles. The summed E-state index contributed by atoms with van der Waals surface area (Å²) in [5.41, 5.74) is 6.10. The average molecular weight is 753 g/mol. The van der Waals surface area contributed by atoms with Gasteiger partial charge in [-0.3, -0.25) is 0 Å². The zero-order valence-corrected chi connectivity index (χ0v) is 30.2. The number of esters is 2. The Bertz CT molecular complexity index is 2100. The zero-order chi connectivity index (χ0) is 39.4. The van der Waals surface area contributed by atoms with Gasteiger partial charge in [-0.1, -0.05) is 116 Å². The summed E-state index contributed by atoms with van der Waals surface area (Å²) in [7, 11) is 0. The highest BCUT2D eigenvalue weighted by molar-refractivity contribution is 5.92. The van der Waals surface area contributed by atoms with E-state index in [4.69, 9.17) is 9.47 Å². The molecule has 0 unspecified atom stereocenters. The number of unbranched alkanes of at least 4 members (excludes halogenated alkanes) is 2. The number of alkyl halides is 5. The third-order valence-corrected chi connectivity index (χ3v) is 9.22. The van der Waals surface area contributed by atoms with Gasteiger partial charge in [0.05, 0.1) is 13.2 Å². The number of carbonyl (C=O) groups is 2. The van der Waals surface area contributed by atoms with Gasteiger partial charge in [0.15, 0.2) is 0 Å². The van der Waals surface area contributed by atoms with Gasteiger partial charge in [-0.2, -0.15) is 22.0 Å². The molecular formula is C46H41F5O4. The molecule has 0 saturated heterocycles. The normalized spacial score (nSPS) is 11.5. The van der Waals surface area contributed by atoms with E-state index in [2.05, 4.69) is 13.2 Å². The van der Waals surface area contributed by atoms with E-state index in [1.807, 2.05) is 72.8 Å². The number of halogens is 5. The van der Waals surface area contributed by atoms with Crippen molar-refractivity contribution in [3.8, 4) is 44.5 Å². The van der Waals surface area contributed by atoms with Gasteiger partial charge < -0.3 is 9.47 Å². The number of hydrogen-bond acceptors (Lipinski definition) is 4. The minimum absolute atomic E-state index is 0.233. The highest BCUT2D eigenvalue weighted by Crippen LogP contribution is 2.47. The van der Waals surface area contributed by atoms with Crippen LogP contribution in [-0.4, -0.2) is 31.3 Å². The van der Waals surface area contributed by atoms with Crippen molar-refractivity contribution >= 4 is 11.9 Å². The van der Waals surface area contributed by atoms with Gasteiger partial charge in [-0.25, -0.2) is 9.59 Å². The lowest BCUT2D eigenvalue weighted by atomic mass is 9.86. The Morgan fingerprint density at radius 3 is 1.67 bits per heavy atom. The maximum atomic E-state index is 14.8. The molecule has 4 nitrogen and oxygen atoms in total. The monoisotopic (exact) mass is 752 g/mol. The number of rotatable bonds is 17. The van der Waals surface area contributed by atoms with E-state index in [1.165, 1.54) is 6.07 Å². The number of benzene rings is 5. The van der Waals surface area contributed by atoms with Crippen LogP contribution in [0.5, 0.6) is 0 Å². The number of aryl methyl sites for hydroxylation is 2. The fourth-order valence-corrected chi connectivity index (χ4v) is 6.28. The third-order valence-electron chi connectivity index (χ3n) is 9.22. The van der Waals surface area contributed by atoms with Gasteiger partial charge in [-0.05, 0) is 106 Å². The van der Waals surface area contributed by atoms with E-state index < -0.39 is 29.6 Å². The topological polar surface area (TPSA) is 52.6 Å². The summed E-state index contributed by atoms with van der Waals surface area (Å²) >= 11 is 0. The fraction of sp³-hybridized carbons (Fsp3) is 0.217. The molecule has 0 aliphatic rings. The van der Waals surface area contributed by atoms with Crippen molar-refractivity contribution in [3.05, 3.63) is 157 Å².